The Morgan fingerprint density at radius 2 is 1.88 bits per heavy atom. The van der Waals surface area contributed by atoms with Crippen molar-refractivity contribution in [3.05, 3.63) is 77.3 Å². The van der Waals surface area contributed by atoms with E-state index >= 15 is 0 Å². The summed E-state index contributed by atoms with van der Waals surface area (Å²) in [7, 11) is 0. The van der Waals surface area contributed by atoms with Gasteiger partial charge in [0, 0.05) is 23.7 Å². The van der Waals surface area contributed by atoms with Gasteiger partial charge < -0.3 is 5.32 Å². The van der Waals surface area contributed by atoms with Gasteiger partial charge in [0.25, 0.3) is 0 Å². The molecular weight excluding hydrogens is 316 g/mol. The maximum atomic E-state index is 12.5. The fourth-order valence-corrected chi connectivity index (χ4v) is 3.35. The maximum Gasteiger partial charge on any atom is 0.227 e. The third kappa shape index (κ3) is 3.89. The Morgan fingerprint density at radius 1 is 1.12 bits per heavy atom. The molecule has 3 rings (SSSR count). The molecule has 0 aliphatic carbocycles. The zero-order valence-electron chi connectivity index (χ0n) is 13.6. The first-order valence-corrected chi connectivity index (χ1v) is 8.97. The highest BCUT2D eigenvalue weighted by Gasteiger charge is 2.17. The second-order valence-electron chi connectivity index (χ2n) is 5.62. The molecule has 0 saturated heterocycles. The summed E-state index contributed by atoms with van der Waals surface area (Å²) in [5.41, 5.74) is 3.26. The van der Waals surface area contributed by atoms with E-state index in [1.165, 1.54) is 0 Å². The van der Waals surface area contributed by atoms with Crippen molar-refractivity contribution in [2.24, 2.45) is 0 Å². The van der Waals surface area contributed by atoms with Gasteiger partial charge in [0.15, 0.2) is 0 Å². The zero-order valence-corrected chi connectivity index (χ0v) is 14.4. The van der Waals surface area contributed by atoms with Gasteiger partial charge in [-0.05, 0) is 17.5 Å². The Labute approximate surface area is 146 Å². The van der Waals surface area contributed by atoms with Gasteiger partial charge in [0.05, 0.1) is 5.92 Å². The fraction of sp³-hybridized carbons (Fsp3) is 0.200. The molecule has 3 aromatic rings. The summed E-state index contributed by atoms with van der Waals surface area (Å²) >= 11 is 1.62. The summed E-state index contributed by atoms with van der Waals surface area (Å²) < 4.78 is 0. The Balaban J connectivity index is 1.61. The Morgan fingerprint density at radius 3 is 2.50 bits per heavy atom. The molecule has 1 amide bonds. The summed E-state index contributed by atoms with van der Waals surface area (Å²) in [5, 5.41) is 6.04. The van der Waals surface area contributed by atoms with Crippen LogP contribution in [0.1, 0.15) is 30.4 Å². The van der Waals surface area contributed by atoms with Crippen molar-refractivity contribution in [1.82, 2.24) is 10.3 Å². The van der Waals surface area contributed by atoms with Crippen LogP contribution in [0.3, 0.4) is 0 Å². The molecular formula is C20H20N2OS. The van der Waals surface area contributed by atoms with Crippen molar-refractivity contribution in [3.8, 4) is 10.6 Å². The van der Waals surface area contributed by atoms with Gasteiger partial charge >= 0.3 is 0 Å². The number of thiazole rings is 1. The normalized spacial score (nSPS) is 11.9. The molecule has 2 aromatic carbocycles. The van der Waals surface area contributed by atoms with Gasteiger partial charge in [0.2, 0.25) is 5.91 Å². The fourth-order valence-electron chi connectivity index (χ4n) is 2.70. The number of carbonyl (C=O) groups is 1. The summed E-state index contributed by atoms with van der Waals surface area (Å²) in [6.45, 7) is 2.58. The molecule has 0 aliphatic heterocycles. The number of rotatable bonds is 6. The summed E-state index contributed by atoms with van der Waals surface area (Å²) in [6, 6.07) is 18.1. The highest BCUT2D eigenvalue weighted by atomic mass is 32.1. The van der Waals surface area contributed by atoms with Crippen molar-refractivity contribution < 1.29 is 4.79 Å². The van der Waals surface area contributed by atoms with Crippen molar-refractivity contribution in [3.63, 3.8) is 0 Å². The van der Waals surface area contributed by atoms with E-state index in [4.69, 9.17) is 0 Å². The topological polar surface area (TPSA) is 42.0 Å². The van der Waals surface area contributed by atoms with Gasteiger partial charge in [-0.25, -0.2) is 4.98 Å². The predicted molar refractivity (Wildman–Crippen MR) is 98.9 cm³/mol. The minimum Gasteiger partial charge on any atom is -0.351 e. The smallest absolute Gasteiger partial charge is 0.227 e. The van der Waals surface area contributed by atoms with Crippen LogP contribution in [0.2, 0.25) is 0 Å². The van der Waals surface area contributed by atoms with E-state index in [0.717, 1.165) is 28.1 Å². The standard InChI is InChI=1S/C20H20N2OS/c1-2-18(16-6-4-3-5-7-16)19(23)22-14-15-8-10-17(11-9-15)20-21-12-13-24-20/h3-13,18H,2,14H2,1H3,(H,22,23). The molecule has 1 heterocycles. The van der Waals surface area contributed by atoms with Crippen LogP contribution in [-0.4, -0.2) is 10.9 Å². The van der Waals surface area contributed by atoms with Gasteiger partial charge in [-0.1, -0.05) is 61.5 Å². The molecule has 0 fully saturated rings. The van der Waals surface area contributed by atoms with Gasteiger partial charge in [-0.2, -0.15) is 0 Å². The molecule has 0 bridgehead atoms. The molecule has 4 heteroatoms. The highest BCUT2D eigenvalue weighted by Crippen LogP contribution is 2.22. The molecule has 1 atom stereocenters. The highest BCUT2D eigenvalue weighted by molar-refractivity contribution is 7.13. The number of amides is 1. The minimum atomic E-state index is -0.0965. The van der Waals surface area contributed by atoms with Crippen molar-refractivity contribution in [1.29, 1.82) is 0 Å². The molecule has 0 spiro atoms. The van der Waals surface area contributed by atoms with E-state index in [1.54, 1.807) is 11.3 Å². The molecule has 1 aromatic heterocycles. The Hall–Kier alpha value is -2.46. The molecule has 1 unspecified atom stereocenters. The Kier molecular flexibility index (Phi) is 5.39. The monoisotopic (exact) mass is 336 g/mol. The predicted octanol–water partition coefficient (Wildman–Crippen LogP) is 4.62. The number of benzene rings is 2. The van der Waals surface area contributed by atoms with E-state index in [1.807, 2.05) is 61.0 Å². The van der Waals surface area contributed by atoms with Crippen LogP contribution < -0.4 is 5.32 Å². The molecule has 122 valence electrons. The molecule has 0 radical (unpaired) electrons. The third-order valence-corrected chi connectivity index (χ3v) is 4.85. The maximum absolute atomic E-state index is 12.5. The largest absolute Gasteiger partial charge is 0.351 e. The van der Waals surface area contributed by atoms with E-state index in [2.05, 4.69) is 22.4 Å². The van der Waals surface area contributed by atoms with Crippen LogP contribution in [0.5, 0.6) is 0 Å². The quantitative estimate of drug-likeness (QED) is 0.713. The summed E-state index contributed by atoms with van der Waals surface area (Å²) in [6.07, 6.45) is 2.60. The molecule has 3 nitrogen and oxygen atoms in total. The van der Waals surface area contributed by atoms with Crippen molar-refractivity contribution >= 4 is 17.2 Å². The van der Waals surface area contributed by atoms with E-state index < -0.39 is 0 Å². The van der Waals surface area contributed by atoms with Gasteiger partial charge in [-0.15, -0.1) is 11.3 Å². The number of hydrogen-bond donors (Lipinski definition) is 1. The van der Waals surface area contributed by atoms with E-state index in [9.17, 15) is 4.79 Å². The summed E-state index contributed by atoms with van der Waals surface area (Å²) in [5.74, 6) is -0.0199. The van der Waals surface area contributed by atoms with Crippen LogP contribution in [-0.2, 0) is 11.3 Å². The number of hydrogen-bond acceptors (Lipinski definition) is 3. The van der Waals surface area contributed by atoms with E-state index in [-0.39, 0.29) is 11.8 Å². The van der Waals surface area contributed by atoms with Crippen molar-refractivity contribution in [2.45, 2.75) is 25.8 Å². The molecule has 1 N–H and O–H groups in total. The van der Waals surface area contributed by atoms with Crippen LogP contribution in [0.15, 0.2) is 66.2 Å². The van der Waals surface area contributed by atoms with Gasteiger partial charge in [-0.3, -0.25) is 4.79 Å². The molecule has 0 saturated carbocycles. The average Bonchev–Trinajstić information content (AvgIpc) is 3.17. The molecule has 0 aliphatic rings. The number of nitrogens with one attached hydrogen (secondary N) is 1. The van der Waals surface area contributed by atoms with Crippen LogP contribution in [0.4, 0.5) is 0 Å². The van der Waals surface area contributed by atoms with Crippen LogP contribution in [0, 0.1) is 0 Å². The first kappa shape index (κ1) is 16.4. The summed E-state index contributed by atoms with van der Waals surface area (Å²) in [4.78, 5) is 16.8. The average molecular weight is 336 g/mol. The number of nitrogens with zero attached hydrogens (tertiary/aromatic N) is 1. The lowest BCUT2D eigenvalue weighted by Crippen LogP contribution is -2.28. The zero-order chi connectivity index (χ0) is 16.8. The second-order valence-corrected chi connectivity index (χ2v) is 6.52. The van der Waals surface area contributed by atoms with E-state index in [0.29, 0.717) is 6.54 Å². The lowest BCUT2D eigenvalue weighted by atomic mass is 9.95. The van der Waals surface area contributed by atoms with Gasteiger partial charge in [0.1, 0.15) is 5.01 Å². The Bertz CT molecular complexity index is 767. The van der Waals surface area contributed by atoms with Crippen LogP contribution >= 0.6 is 11.3 Å². The first-order valence-electron chi connectivity index (χ1n) is 8.09. The SMILES string of the molecule is CCC(C(=O)NCc1ccc(-c2nccs2)cc1)c1ccccc1. The number of aromatic nitrogens is 1. The third-order valence-electron chi connectivity index (χ3n) is 4.03. The second kappa shape index (κ2) is 7.88. The first-order chi connectivity index (χ1) is 11.8. The van der Waals surface area contributed by atoms with Crippen molar-refractivity contribution in [2.75, 3.05) is 0 Å². The lowest BCUT2D eigenvalue weighted by molar-refractivity contribution is -0.122. The minimum absolute atomic E-state index is 0.0766. The lowest BCUT2D eigenvalue weighted by Gasteiger charge is -2.15. The number of carbonyl (C=O) groups excluding carboxylic acids is 1. The van der Waals surface area contributed by atoms with Crippen LogP contribution in [0.25, 0.3) is 10.6 Å². The molecule has 24 heavy (non-hydrogen) atoms.